The number of carbonyl (C=O) groups excluding carboxylic acids is 1. The van der Waals surface area contributed by atoms with Crippen LogP contribution in [-0.4, -0.2) is 98.5 Å². The number of amides is 1. The summed E-state index contributed by atoms with van der Waals surface area (Å²) in [6.45, 7) is 4.52. The zero-order chi connectivity index (χ0) is 31.4. The van der Waals surface area contributed by atoms with Gasteiger partial charge in [-0.05, 0) is 25.6 Å². The number of aromatic nitrogens is 3. The molecule has 11 nitrogen and oxygen atoms in total. The van der Waals surface area contributed by atoms with Gasteiger partial charge in [0.25, 0.3) is 5.91 Å². The van der Waals surface area contributed by atoms with Crippen molar-refractivity contribution in [3.05, 3.63) is 64.1 Å². The van der Waals surface area contributed by atoms with Crippen LogP contribution in [0, 0.1) is 5.82 Å². The number of hydrogen-bond donors (Lipinski definition) is 2. The van der Waals surface area contributed by atoms with E-state index in [1.165, 1.54) is 24.5 Å². The van der Waals surface area contributed by atoms with E-state index >= 15 is 4.39 Å². The molecule has 4 heterocycles. The molecule has 1 unspecified atom stereocenters. The minimum atomic E-state index is -4.95. The first-order valence-corrected chi connectivity index (χ1v) is 14.1. The summed E-state index contributed by atoms with van der Waals surface area (Å²) in [5.41, 5.74) is -2.36. The van der Waals surface area contributed by atoms with Gasteiger partial charge in [-0.25, -0.2) is 14.4 Å². The van der Waals surface area contributed by atoms with E-state index in [-0.39, 0.29) is 17.3 Å². The summed E-state index contributed by atoms with van der Waals surface area (Å²) in [4.78, 5) is 41.8. The van der Waals surface area contributed by atoms with Gasteiger partial charge in [-0.2, -0.15) is 13.2 Å². The molecule has 1 atom stereocenters. The summed E-state index contributed by atoms with van der Waals surface area (Å²) < 4.78 is 67.5. The number of aromatic amines is 1. The molecule has 44 heavy (non-hydrogen) atoms. The second-order valence-electron chi connectivity index (χ2n) is 10.7. The van der Waals surface area contributed by atoms with Crippen LogP contribution in [0.1, 0.15) is 22.3 Å². The van der Waals surface area contributed by atoms with E-state index in [0.717, 1.165) is 12.6 Å². The number of benzene rings is 1. The molecule has 0 aliphatic carbocycles. The van der Waals surface area contributed by atoms with Gasteiger partial charge >= 0.3 is 6.18 Å². The van der Waals surface area contributed by atoms with Crippen molar-refractivity contribution in [1.29, 1.82) is 0 Å². The van der Waals surface area contributed by atoms with Gasteiger partial charge in [0.2, 0.25) is 11.5 Å². The fraction of sp³-hybridized carbons (Fsp3) is 0.448. The monoisotopic (exact) mass is 619 g/mol. The van der Waals surface area contributed by atoms with Crippen LogP contribution < -0.4 is 20.7 Å². The molecule has 2 fully saturated rings. The zero-order valence-electron chi connectivity index (χ0n) is 24.3. The van der Waals surface area contributed by atoms with Crippen molar-refractivity contribution in [2.24, 2.45) is 0 Å². The number of halogens is 4. The van der Waals surface area contributed by atoms with Crippen LogP contribution in [0.4, 0.5) is 34.9 Å². The average Bonchev–Trinajstić information content (AvgIpc) is 3.51. The van der Waals surface area contributed by atoms with Crippen LogP contribution in [0.15, 0.2) is 41.6 Å². The maximum atomic E-state index is 15.7. The van der Waals surface area contributed by atoms with E-state index in [1.807, 2.05) is 16.8 Å². The Labute approximate surface area is 250 Å². The van der Waals surface area contributed by atoms with Crippen LogP contribution in [0.5, 0.6) is 0 Å². The van der Waals surface area contributed by atoms with E-state index in [2.05, 4.69) is 25.2 Å². The van der Waals surface area contributed by atoms with E-state index in [9.17, 15) is 22.8 Å². The largest absolute Gasteiger partial charge is 0.417 e. The molecule has 2 N–H and O–H groups in total. The number of hydrogen-bond acceptors (Lipinski definition) is 9. The highest BCUT2D eigenvalue weighted by Crippen LogP contribution is 2.37. The van der Waals surface area contributed by atoms with Crippen LogP contribution in [0.2, 0.25) is 0 Å². The number of nitrogens with zero attached hydrogens (tertiary/aromatic N) is 5. The van der Waals surface area contributed by atoms with Crippen molar-refractivity contribution in [3.63, 3.8) is 0 Å². The topological polar surface area (TPSA) is 116 Å². The number of anilines is 3. The summed E-state index contributed by atoms with van der Waals surface area (Å²) >= 11 is 0. The first-order chi connectivity index (χ1) is 21.0. The van der Waals surface area contributed by atoms with Gasteiger partial charge in [0.1, 0.15) is 5.82 Å². The Morgan fingerprint density at radius 1 is 1.16 bits per heavy atom. The molecular weight excluding hydrogens is 586 g/mol. The van der Waals surface area contributed by atoms with Gasteiger partial charge in [-0.15, -0.1) is 0 Å². The molecule has 236 valence electrons. The Balaban J connectivity index is 1.50. The fourth-order valence-electron chi connectivity index (χ4n) is 5.35. The number of carbonyl (C=O) groups is 1. The third kappa shape index (κ3) is 7.00. The SMILES string of the molecule is COCCN(C)C1CCN(c2cc(F)c(-c3cnc(N4CCOCC4)nc3)cc2NC(=O)c2c[nH]c(=O)cc2C(F)(F)F)C1. The minimum Gasteiger partial charge on any atom is -0.383 e. The summed E-state index contributed by atoms with van der Waals surface area (Å²) in [5, 5.41) is 2.55. The van der Waals surface area contributed by atoms with Crippen LogP contribution >= 0.6 is 0 Å². The molecule has 0 saturated carbocycles. The van der Waals surface area contributed by atoms with E-state index < -0.39 is 34.6 Å². The van der Waals surface area contributed by atoms with Gasteiger partial charge < -0.3 is 29.6 Å². The standard InChI is InChI=1S/C29H33F4N7O4/c1-38(5-8-43-2)19-3-4-40(17-19)25-13-23(30)20(18-14-35-28(36-15-18)39-6-9-44-10-7-39)11-24(25)37-27(42)21-16-34-26(41)12-22(21)29(31,32)33/h11-16,19H,3-10,17H2,1-2H3,(H,34,41)(H,37,42). The van der Waals surface area contributed by atoms with Gasteiger partial charge in [-0.3, -0.25) is 14.5 Å². The van der Waals surface area contributed by atoms with Gasteiger partial charge in [-0.1, -0.05) is 0 Å². The van der Waals surface area contributed by atoms with Gasteiger partial charge in [0.05, 0.1) is 42.3 Å². The van der Waals surface area contributed by atoms with Crippen LogP contribution in [0.3, 0.4) is 0 Å². The third-order valence-corrected chi connectivity index (χ3v) is 7.83. The van der Waals surface area contributed by atoms with Crippen molar-refractivity contribution >= 4 is 23.2 Å². The number of ether oxygens (including phenoxy) is 2. The van der Waals surface area contributed by atoms with Crippen molar-refractivity contribution in [3.8, 4) is 11.1 Å². The number of pyridine rings is 1. The first-order valence-electron chi connectivity index (χ1n) is 14.1. The zero-order valence-corrected chi connectivity index (χ0v) is 24.3. The predicted octanol–water partition coefficient (Wildman–Crippen LogP) is 3.24. The second-order valence-corrected chi connectivity index (χ2v) is 10.7. The number of methoxy groups -OCH3 is 1. The quantitative estimate of drug-likeness (QED) is 0.349. The van der Waals surface area contributed by atoms with Crippen molar-refractivity contribution in [2.75, 3.05) is 81.8 Å². The Morgan fingerprint density at radius 3 is 2.57 bits per heavy atom. The predicted molar refractivity (Wildman–Crippen MR) is 156 cm³/mol. The maximum absolute atomic E-state index is 15.7. The van der Waals surface area contributed by atoms with E-state index in [4.69, 9.17) is 9.47 Å². The molecule has 0 bridgehead atoms. The normalized spacial score (nSPS) is 17.4. The van der Waals surface area contributed by atoms with Crippen molar-refractivity contribution in [1.82, 2.24) is 19.9 Å². The second kappa shape index (κ2) is 13.3. The minimum absolute atomic E-state index is 0.0584. The number of likely N-dealkylation sites (N-methyl/N-ethyl adjacent to an activating group) is 1. The van der Waals surface area contributed by atoms with E-state index in [0.29, 0.717) is 75.8 Å². The molecule has 2 aromatic heterocycles. The van der Waals surface area contributed by atoms with Crippen LogP contribution in [0.25, 0.3) is 11.1 Å². The number of H-pyrrole nitrogens is 1. The molecule has 2 saturated heterocycles. The summed E-state index contributed by atoms with van der Waals surface area (Å²) in [5.74, 6) is -1.27. The molecule has 2 aliphatic heterocycles. The number of nitrogens with one attached hydrogen (secondary N) is 2. The Morgan fingerprint density at radius 2 is 1.89 bits per heavy atom. The molecule has 1 amide bonds. The Hall–Kier alpha value is -4.08. The number of rotatable bonds is 9. The molecule has 1 aromatic carbocycles. The molecule has 2 aliphatic rings. The van der Waals surface area contributed by atoms with Crippen molar-refractivity contribution in [2.45, 2.75) is 18.6 Å². The molecular formula is C29H33F4N7O4. The lowest BCUT2D eigenvalue weighted by atomic mass is 10.0. The lowest BCUT2D eigenvalue weighted by Crippen LogP contribution is -2.37. The highest BCUT2D eigenvalue weighted by molar-refractivity contribution is 6.07. The summed E-state index contributed by atoms with van der Waals surface area (Å²) in [6.07, 6.45) is -0.568. The van der Waals surface area contributed by atoms with Crippen molar-refractivity contribution < 1.29 is 31.8 Å². The van der Waals surface area contributed by atoms with Crippen LogP contribution in [-0.2, 0) is 15.7 Å². The smallest absolute Gasteiger partial charge is 0.383 e. The highest BCUT2D eigenvalue weighted by atomic mass is 19.4. The summed E-state index contributed by atoms with van der Waals surface area (Å²) in [6, 6.07) is 3.07. The van der Waals surface area contributed by atoms with Gasteiger partial charge in [0, 0.05) is 81.7 Å². The number of morpholine rings is 1. The lowest BCUT2D eigenvalue weighted by Gasteiger charge is -2.27. The average molecular weight is 620 g/mol. The fourth-order valence-corrected chi connectivity index (χ4v) is 5.35. The molecule has 5 rings (SSSR count). The number of alkyl halides is 3. The molecule has 0 radical (unpaired) electrons. The summed E-state index contributed by atoms with van der Waals surface area (Å²) in [7, 11) is 3.57. The Kier molecular flexibility index (Phi) is 9.46. The first kappa shape index (κ1) is 31.3. The molecule has 0 spiro atoms. The Bertz CT molecular complexity index is 1530. The molecule has 3 aromatic rings. The molecule has 15 heteroatoms. The van der Waals surface area contributed by atoms with Gasteiger partial charge in [0.15, 0.2) is 0 Å². The maximum Gasteiger partial charge on any atom is 0.417 e. The highest BCUT2D eigenvalue weighted by Gasteiger charge is 2.36. The van der Waals surface area contributed by atoms with E-state index in [1.54, 1.807) is 7.11 Å². The lowest BCUT2D eigenvalue weighted by molar-refractivity contribution is -0.138. The third-order valence-electron chi connectivity index (χ3n) is 7.83.